The number of aromatic nitrogens is 2. The quantitative estimate of drug-likeness (QED) is 0.594. The van der Waals surface area contributed by atoms with Gasteiger partial charge in [-0.05, 0) is 13.3 Å². The van der Waals surface area contributed by atoms with E-state index in [2.05, 4.69) is 9.97 Å². The molecule has 5 heteroatoms. The van der Waals surface area contributed by atoms with E-state index >= 15 is 0 Å². The van der Waals surface area contributed by atoms with Gasteiger partial charge in [0.15, 0.2) is 0 Å². The van der Waals surface area contributed by atoms with Crippen LogP contribution in [0.5, 0.6) is 0 Å². The van der Waals surface area contributed by atoms with E-state index in [4.69, 9.17) is 27.9 Å². The molecule has 0 saturated heterocycles. The third kappa shape index (κ3) is 3.08. The fourth-order valence-corrected chi connectivity index (χ4v) is 1.41. The number of halogens is 2. The van der Waals surface area contributed by atoms with Gasteiger partial charge < -0.3 is 4.74 Å². The van der Waals surface area contributed by atoms with E-state index in [9.17, 15) is 0 Å². The molecule has 0 aliphatic rings. The summed E-state index contributed by atoms with van der Waals surface area (Å²) in [5.74, 6) is 0.669. The summed E-state index contributed by atoms with van der Waals surface area (Å²) in [6, 6.07) is 0. The van der Waals surface area contributed by atoms with Crippen molar-refractivity contribution in [2.45, 2.75) is 19.8 Å². The van der Waals surface area contributed by atoms with Gasteiger partial charge in [-0.1, -0.05) is 23.2 Å². The summed E-state index contributed by atoms with van der Waals surface area (Å²) >= 11 is 11.7. The van der Waals surface area contributed by atoms with E-state index in [1.165, 1.54) is 0 Å². The van der Waals surface area contributed by atoms with E-state index in [0.717, 1.165) is 18.4 Å². The number of hydrogen-bond acceptors (Lipinski definition) is 3. The van der Waals surface area contributed by atoms with E-state index in [-0.39, 0.29) is 0 Å². The first-order valence-electron chi connectivity index (χ1n) is 4.32. The first kappa shape index (κ1) is 11.7. The van der Waals surface area contributed by atoms with Crippen LogP contribution in [0.2, 0.25) is 10.3 Å². The molecule has 0 N–H and O–H groups in total. The molecule has 1 aromatic heterocycles. The maximum Gasteiger partial charge on any atom is 0.137 e. The van der Waals surface area contributed by atoms with Crippen molar-refractivity contribution in [3.63, 3.8) is 0 Å². The van der Waals surface area contributed by atoms with Crippen molar-refractivity contribution >= 4 is 23.2 Å². The molecule has 1 heterocycles. The van der Waals surface area contributed by atoms with Crippen molar-refractivity contribution in [2.75, 3.05) is 13.7 Å². The molecule has 0 saturated carbocycles. The maximum atomic E-state index is 5.87. The summed E-state index contributed by atoms with van der Waals surface area (Å²) in [7, 11) is 1.66. The van der Waals surface area contributed by atoms with Gasteiger partial charge in [-0.25, -0.2) is 9.97 Å². The van der Waals surface area contributed by atoms with E-state index in [1.54, 1.807) is 14.0 Å². The zero-order valence-corrected chi connectivity index (χ0v) is 9.69. The highest BCUT2D eigenvalue weighted by Gasteiger charge is 2.06. The Morgan fingerprint density at radius 3 is 2.29 bits per heavy atom. The molecule has 0 bridgehead atoms. The largest absolute Gasteiger partial charge is 0.385 e. The molecule has 0 fully saturated rings. The average molecular weight is 235 g/mol. The van der Waals surface area contributed by atoms with E-state index in [1.807, 2.05) is 0 Å². The molecule has 0 aliphatic carbocycles. The minimum absolute atomic E-state index is 0.428. The second-order valence-electron chi connectivity index (χ2n) is 2.94. The second-order valence-corrected chi connectivity index (χ2v) is 3.66. The average Bonchev–Trinajstić information content (AvgIpc) is 2.14. The number of hydrogen-bond donors (Lipinski definition) is 0. The van der Waals surface area contributed by atoms with Crippen LogP contribution in [0.3, 0.4) is 0 Å². The second kappa shape index (κ2) is 5.49. The lowest BCUT2D eigenvalue weighted by Gasteiger charge is -2.03. The molecule has 14 heavy (non-hydrogen) atoms. The highest BCUT2D eigenvalue weighted by Crippen LogP contribution is 2.19. The number of ether oxygens (including phenoxy) is 1. The molecule has 0 aliphatic heterocycles. The summed E-state index contributed by atoms with van der Waals surface area (Å²) < 4.78 is 4.93. The highest BCUT2D eigenvalue weighted by molar-refractivity contribution is 6.34. The normalized spacial score (nSPS) is 10.6. The molecule has 0 spiro atoms. The number of rotatable bonds is 4. The molecule has 0 aromatic carbocycles. The van der Waals surface area contributed by atoms with Gasteiger partial charge in [0.25, 0.3) is 0 Å². The summed E-state index contributed by atoms with van der Waals surface area (Å²) in [5, 5.41) is 0.856. The molecule has 0 amide bonds. The maximum absolute atomic E-state index is 5.87. The van der Waals surface area contributed by atoms with Crippen LogP contribution in [0.15, 0.2) is 0 Å². The van der Waals surface area contributed by atoms with Gasteiger partial charge in [0.2, 0.25) is 0 Å². The van der Waals surface area contributed by atoms with Crippen LogP contribution < -0.4 is 0 Å². The topological polar surface area (TPSA) is 35.0 Å². The van der Waals surface area contributed by atoms with Crippen LogP contribution in [-0.4, -0.2) is 23.7 Å². The van der Waals surface area contributed by atoms with Crippen LogP contribution in [-0.2, 0) is 11.2 Å². The van der Waals surface area contributed by atoms with Crippen molar-refractivity contribution in [2.24, 2.45) is 0 Å². The lowest BCUT2D eigenvalue weighted by Crippen LogP contribution is -2.00. The molecular weight excluding hydrogens is 223 g/mol. The number of nitrogens with zero attached hydrogens (tertiary/aromatic N) is 2. The zero-order valence-electron chi connectivity index (χ0n) is 8.18. The Kier molecular flexibility index (Phi) is 4.58. The fraction of sp³-hybridized carbons (Fsp3) is 0.556. The molecular formula is C9H12Cl2N2O. The molecule has 1 aromatic rings. The standard InChI is InChI=1S/C9H12Cl2N2O/c1-6-8(10)12-7(13-9(6)11)4-3-5-14-2/h3-5H2,1-2H3. The van der Waals surface area contributed by atoms with Crippen LogP contribution in [0.4, 0.5) is 0 Å². The number of aryl methyl sites for hydroxylation is 1. The molecule has 0 unspecified atom stereocenters. The predicted octanol–water partition coefficient (Wildman–Crippen LogP) is 2.67. The Bertz CT molecular complexity index is 295. The minimum atomic E-state index is 0.428. The Hall–Kier alpha value is -0.380. The first-order chi connectivity index (χ1) is 6.65. The minimum Gasteiger partial charge on any atom is -0.385 e. The SMILES string of the molecule is COCCCc1nc(Cl)c(C)c(Cl)n1. The van der Waals surface area contributed by atoms with Gasteiger partial charge in [0, 0.05) is 25.7 Å². The van der Waals surface area contributed by atoms with Gasteiger partial charge in [0.1, 0.15) is 16.1 Å². The van der Waals surface area contributed by atoms with Crippen LogP contribution >= 0.6 is 23.2 Å². The van der Waals surface area contributed by atoms with Gasteiger partial charge in [-0.15, -0.1) is 0 Å². The third-order valence-corrected chi connectivity index (χ3v) is 2.56. The van der Waals surface area contributed by atoms with Gasteiger partial charge >= 0.3 is 0 Å². The molecule has 1 rings (SSSR count). The van der Waals surface area contributed by atoms with Crippen LogP contribution in [0.25, 0.3) is 0 Å². The van der Waals surface area contributed by atoms with Gasteiger partial charge in [0.05, 0.1) is 0 Å². The van der Waals surface area contributed by atoms with Crippen molar-refractivity contribution in [1.82, 2.24) is 9.97 Å². The Labute approximate surface area is 93.4 Å². The highest BCUT2D eigenvalue weighted by atomic mass is 35.5. The molecule has 0 atom stereocenters. The molecule has 78 valence electrons. The van der Waals surface area contributed by atoms with Crippen LogP contribution in [0, 0.1) is 6.92 Å². The number of methoxy groups -OCH3 is 1. The molecule has 3 nitrogen and oxygen atoms in total. The first-order valence-corrected chi connectivity index (χ1v) is 5.08. The predicted molar refractivity (Wildman–Crippen MR) is 57.0 cm³/mol. The van der Waals surface area contributed by atoms with Crippen molar-refractivity contribution in [1.29, 1.82) is 0 Å². The van der Waals surface area contributed by atoms with Crippen molar-refractivity contribution < 1.29 is 4.74 Å². The van der Waals surface area contributed by atoms with Crippen molar-refractivity contribution in [3.05, 3.63) is 21.7 Å². The lowest BCUT2D eigenvalue weighted by molar-refractivity contribution is 0.194. The Balaban J connectivity index is 2.69. The monoisotopic (exact) mass is 234 g/mol. The summed E-state index contributed by atoms with van der Waals surface area (Å²) in [5.41, 5.74) is 0.726. The lowest BCUT2D eigenvalue weighted by atomic mass is 10.3. The summed E-state index contributed by atoms with van der Waals surface area (Å²) in [6.45, 7) is 2.48. The van der Waals surface area contributed by atoms with Crippen molar-refractivity contribution in [3.8, 4) is 0 Å². The third-order valence-electron chi connectivity index (χ3n) is 1.82. The van der Waals surface area contributed by atoms with E-state index in [0.29, 0.717) is 22.7 Å². The Morgan fingerprint density at radius 1 is 1.21 bits per heavy atom. The van der Waals surface area contributed by atoms with Gasteiger partial charge in [-0.3, -0.25) is 0 Å². The van der Waals surface area contributed by atoms with Gasteiger partial charge in [-0.2, -0.15) is 0 Å². The molecule has 0 radical (unpaired) electrons. The summed E-state index contributed by atoms with van der Waals surface area (Å²) in [6.07, 6.45) is 1.60. The summed E-state index contributed by atoms with van der Waals surface area (Å²) in [4.78, 5) is 8.24. The smallest absolute Gasteiger partial charge is 0.137 e. The fourth-order valence-electron chi connectivity index (χ4n) is 0.991. The Morgan fingerprint density at radius 2 is 1.79 bits per heavy atom. The zero-order chi connectivity index (χ0) is 10.6. The van der Waals surface area contributed by atoms with E-state index < -0.39 is 0 Å². The van der Waals surface area contributed by atoms with Crippen LogP contribution in [0.1, 0.15) is 17.8 Å².